The lowest BCUT2D eigenvalue weighted by atomic mass is 10.1. The van der Waals surface area contributed by atoms with Crippen LogP contribution in [0.25, 0.3) is 0 Å². The molecule has 1 fully saturated rings. The first-order valence-corrected chi connectivity index (χ1v) is 6.80. The molecule has 0 spiro atoms. The van der Waals surface area contributed by atoms with E-state index in [2.05, 4.69) is 20.8 Å². The lowest BCUT2D eigenvalue weighted by Crippen LogP contribution is -2.22. The molecule has 2 rings (SSSR count). The minimum atomic E-state index is -4.30. The van der Waals surface area contributed by atoms with E-state index in [1.165, 1.54) is 12.1 Å². The van der Waals surface area contributed by atoms with Crippen molar-refractivity contribution in [2.24, 2.45) is 0 Å². The highest BCUT2D eigenvalue weighted by Crippen LogP contribution is 2.32. The zero-order valence-corrected chi connectivity index (χ0v) is 12.1. The van der Waals surface area contributed by atoms with E-state index in [1.54, 1.807) is 7.11 Å². The maximum Gasteiger partial charge on any atom is 0.416 e. The van der Waals surface area contributed by atoms with E-state index in [9.17, 15) is 13.2 Å². The number of benzene rings is 1. The maximum atomic E-state index is 12.7. The van der Waals surface area contributed by atoms with E-state index in [0.717, 1.165) is 25.6 Å². The Labute approximate surface area is 118 Å². The quantitative estimate of drug-likeness (QED) is 0.834. The van der Waals surface area contributed by atoms with E-state index in [4.69, 9.17) is 4.74 Å². The van der Waals surface area contributed by atoms with Crippen molar-refractivity contribution in [1.82, 2.24) is 4.90 Å². The monoisotopic (exact) mass is 337 g/mol. The Bertz CT molecular complexity index is 450. The van der Waals surface area contributed by atoms with Crippen molar-refractivity contribution in [2.45, 2.75) is 25.2 Å². The molecular formula is C13H15BrF3NO. The van der Waals surface area contributed by atoms with Crippen LogP contribution in [0, 0.1) is 0 Å². The van der Waals surface area contributed by atoms with Gasteiger partial charge < -0.3 is 4.74 Å². The summed E-state index contributed by atoms with van der Waals surface area (Å²) in [5, 5.41) is 0. The number of halogens is 4. The van der Waals surface area contributed by atoms with E-state index in [0.29, 0.717) is 16.6 Å². The van der Waals surface area contributed by atoms with Crippen LogP contribution in [-0.4, -0.2) is 31.2 Å². The minimum Gasteiger partial charge on any atom is -0.380 e. The van der Waals surface area contributed by atoms with Gasteiger partial charge in [-0.15, -0.1) is 0 Å². The summed E-state index contributed by atoms with van der Waals surface area (Å²) in [5.41, 5.74) is 0.0553. The molecule has 1 heterocycles. The highest BCUT2D eigenvalue weighted by atomic mass is 79.9. The lowest BCUT2D eigenvalue weighted by molar-refractivity contribution is -0.137. The van der Waals surface area contributed by atoms with Gasteiger partial charge in [0.05, 0.1) is 11.7 Å². The van der Waals surface area contributed by atoms with Crippen LogP contribution in [0.4, 0.5) is 13.2 Å². The van der Waals surface area contributed by atoms with Crippen molar-refractivity contribution in [3.8, 4) is 0 Å². The van der Waals surface area contributed by atoms with Gasteiger partial charge in [0, 0.05) is 31.2 Å². The van der Waals surface area contributed by atoms with Gasteiger partial charge in [-0.3, -0.25) is 4.90 Å². The normalized spacial score (nSPS) is 21.0. The Morgan fingerprint density at radius 2 is 2.16 bits per heavy atom. The number of nitrogens with zero attached hydrogens (tertiary/aromatic N) is 1. The van der Waals surface area contributed by atoms with Gasteiger partial charge in [-0.1, -0.05) is 15.9 Å². The van der Waals surface area contributed by atoms with E-state index >= 15 is 0 Å². The largest absolute Gasteiger partial charge is 0.416 e. The molecule has 1 aliphatic heterocycles. The molecule has 0 amide bonds. The summed E-state index contributed by atoms with van der Waals surface area (Å²) in [5.74, 6) is 0. The summed E-state index contributed by atoms with van der Waals surface area (Å²) in [7, 11) is 1.66. The Kier molecular flexibility index (Phi) is 4.53. The summed E-state index contributed by atoms with van der Waals surface area (Å²) in [6.07, 6.45) is -3.19. The number of ether oxygens (including phenoxy) is 1. The number of methoxy groups -OCH3 is 1. The number of likely N-dealkylation sites (tertiary alicyclic amines) is 1. The van der Waals surface area contributed by atoms with Crippen molar-refractivity contribution in [3.05, 3.63) is 33.8 Å². The van der Waals surface area contributed by atoms with Crippen LogP contribution in [0.2, 0.25) is 0 Å². The molecule has 6 heteroatoms. The Balaban J connectivity index is 2.12. The van der Waals surface area contributed by atoms with Gasteiger partial charge in [-0.05, 0) is 30.2 Å². The third-order valence-corrected chi connectivity index (χ3v) is 4.10. The van der Waals surface area contributed by atoms with Crippen LogP contribution >= 0.6 is 15.9 Å². The first kappa shape index (κ1) is 14.8. The van der Waals surface area contributed by atoms with Crippen molar-refractivity contribution < 1.29 is 17.9 Å². The van der Waals surface area contributed by atoms with Crippen LogP contribution in [0.5, 0.6) is 0 Å². The van der Waals surface area contributed by atoms with Crippen molar-refractivity contribution in [2.75, 3.05) is 20.2 Å². The summed E-state index contributed by atoms with van der Waals surface area (Å²) >= 11 is 3.31. The van der Waals surface area contributed by atoms with Crippen LogP contribution in [0.1, 0.15) is 17.5 Å². The van der Waals surface area contributed by atoms with E-state index < -0.39 is 11.7 Å². The smallest absolute Gasteiger partial charge is 0.380 e. The lowest BCUT2D eigenvalue weighted by Gasteiger charge is -2.18. The molecule has 0 bridgehead atoms. The molecule has 0 radical (unpaired) electrons. The van der Waals surface area contributed by atoms with E-state index in [-0.39, 0.29) is 6.10 Å². The predicted molar refractivity (Wildman–Crippen MR) is 69.8 cm³/mol. The molecule has 1 aromatic carbocycles. The number of hydrogen-bond donors (Lipinski definition) is 0. The Morgan fingerprint density at radius 1 is 1.42 bits per heavy atom. The van der Waals surface area contributed by atoms with Crippen LogP contribution < -0.4 is 0 Å². The second kappa shape index (κ2) is 5.81. The van der Waals surface area contributed by atoms with E-state index in [1.807, 2.05) is 0 Å². The zero-order valence-electron chi connectivity index (χ0n) is 10.5. The SMILES string of the molecule is CO[C@H]1CCN(Cc2cc(C(F)(F)F)ccc2Br)C1. The topological polar surface area (TPSA) is 12.5 Å². The highest BCUT2D eigenvalue weighted by Gasteiger charge is 2.31. The van der Waals surface area contributed by atoms with Crippen molar-refractivity contribution >= 4 is 15.9 Å². The highest BCUT2D eigenvalue weighted by molar-refractivity contribution is 9.10. The molecule has 1 atom stereocenters. The van der Waals surface area contributed by atoms with Gasteiger partial charge in [0.25, 0.3) is 0 Å². The molecule has 1 aromatic rings. The van der Waals surface area contributed by atoms with Gasteiger partial charge >= 0.3 is 6.18 Å². The zero-order chi connectivity index (χ0) is 14.0. The molecule has 2 nitrogen and oxygen atoms in total. The summed E-state index contributed by atoms with van der Waals surface area (Å²) in [4.78, 5) is 2.11. The number of rotatable bonds is 3. The second-order valence-corrected chi connectivity index (χ2v) is 5.54. The Morgan fingerprint density at radius 3 is 2.74 bits per heavy atom. The fraction of sp³-hybridized carbons (Fsp3) is 0.538. The van der Waals surface area contributed by atoms with Gasteiger partial charge in [0.1, 0.15) is 0 Å². The molecule has 0 unspecified atom stereocenters. The summed E-state index contributed by atoms with van der Waals surface area (Å²) in [6.45, 7) is 2.12. The third kappa shape index (κ3) is 3.70. The van der Waals surface area contributed by atoms with Crippen molar-refractivity contribution in [1.29, 1.82) is 0 Å². The molecule has 19 heavy (non-hydrogen) atoms. The van der Waals surface area contributed by atoms with Crippen molar-refractivity contribution in [3.63, 3.8) is 0 Å². The van der Waals surface area contributed by atoms with Gasteiger partial charge in [-0.2, -0.15) is 13.2 Å². The summed E-state index contributed by atoms with van der Waals surface area (Å²) in [6, 6.07) is 3.77. The molecule has 0 N–H and O–H groups in total. The standard InChI is InChI=1S/C13H15BrF3NO/c1-19-11-4-5-18(8-11)7-9-6-10(13(15,16)17)2-3-12(9)14/h2-3,6,11H,4-5,7-8H2,1H3/t11-/m0/s1. The average Bonchev–Trinajstić information content (AvgIpc) is 2.78. The van der Waals surface area contributed by atoms with Gasteiger partial charge in [0.2, 0.25) is 0 Å². The first-order valence-electron chi connectivity index (χ1n) is 6.01. The maximum absolute atomic E-state index is 12.7. The molecule has 0 aliphatic carbocycles. The number of hydrogen-bond acceptors (Lipinski definition) is 2. The molecule has 0 aromatic heterocycles. The van der Waals surface area contributed by atoms with Crippen LogP contribution in [0.3, 0.4) is 0 Å². The summed E-state index contributed by atoms with van der Waals surface area (Å²) < 4.78 is 44.0. The third-order valence-electron chi connectivity index (χ3n) is 3.33. The first-order chi connectivity index (χ1) is 8.90. The average molecular weight is 338 g/mol. The molecule has 106 valence electrons. The molecule has 0 saturated carbocycles. The predicted octanol–water partition coefficient (Wildman–Crippen LogP) is 3.69. The Hall–Kier alpha value is -0.590. The van der Waals surface area contributed by atoms with Gasteiger partial charge in [-0.25, -0.2) is 0 Å². The van der Waals surface area contributed by atoms with Crippen LogP contribution in [0.15, 0.2) is 22.7 Å². The fourth-order valence-corrected chi connectivity index (χ4v) is 2.62. The number of alkyl halides is 3. The fourth-order valence-electron chi connectivity index (χ4n) is 2.25. The molecule has 1 aliphatic rings. The molecule has 1 saturated heterocycles. The minimum absolute atomic E-state index is 0.185. The van der Waals surface area contributed by atoms with Gasteiger partial charge in [0.15, 0.2) is 0 Å². The molecular weight excluding hydrogens is 323 g/mol. The van der Waals surface area contributed by atoms with Crippen LogP contribution in [-0.2, 0) is 17.5 Å². The second-order valence-electron chi connectivity index (χ2n) is 4.69.